The van der Waals surface area contributed by atoms with Crippen molar-refractivity contribution >= 4 is 11.0 Å². The molecule has 1 aromatic heterocycles. The van der Waals surface area contributed by atoms with Gasteiger partial charge in [-0.1, -0.05) is 6.92 Å². The molecule has 5 heteroatoms. The maximum absolute atomic E-state index is 10.6. The highest BCUT2D eigenvalue weighted by molar-refractivity contribution is 5.77. The van der Waals surface area contributed by atoms with Crippen LogP contribution in [0.2, 0.25) is 0 Å². The number of nitrogens with zero attached hydrogens (tertiary/aromatic N) is 3. The third-order valence-corrected chi connectivity index (χ3v) is 4.97. The summed E-state index contributed by atoms with van der Waals surface area (Å²) in [5.74, 6) is 0. The zero-order chi connectivity index (χ0) is 17.3. The van der Waals surface area contributed by atoms with Crippen molar-refractivity contribution in [2.75, 3.05) is 19.6 Å². The summed E-state index contributed by atoms with van der Waals surface area (Å²) in [5.41, 5.74) is 4.60. The smallest absolute Gasteiger partial charge is 0.0959 e. The Morgan fingerprint density at radius 1 is 1.25 bits per heavy atom. The fourth-order valence-electron chi connectivity index (χ4n) is 3.56. The number of aliphatic hydroxyl groups excluding tert-OH is 1. The van der Waals surface area contributed by atoms with Crippen LogP contribution in [0.3, 0.4) is 0 Å². The molecule has 3 atom stereocenters. The van der Waals surface area contributed by atoms with Crippen molar-refractivity contribution in [3.63, 3.8) is 0 Å². The molecule has 1 aliphatic rings. The molecule has 1 N–H and O–H groups in total. The molecule has 0 saturated carbocycles. The lowest BCUT2D eigenvalue weighted by atomic mass is 10.1. The Morgan fingerprint density at radius 3 is 2.75 bits per heavy atom. The van der Waals surface area contributed by atoms with E-state index >= 15 is 0 Å². The van der Waals surface area contributed by atoms with E-state index in [-0.39, 0.29) is 12.2 Å². The summed E-state index contributed by atoms with van der Waals surface area (Å²) in [4.78, 5) is 6.80. The molecule has 5 nitrogen and oxygen atoms in total. The number of fused-ring (bicyclic) bond motifs is 1. The van der Waals surface area contributed by atoms with Crippen LogP contribution in [0.5, 0.6) is 0 Å². The van der Waals surface area contributed by atoms with E-state index in [9.17, 15) is 5.11 Å². The van der Waals surface area contributed by atoms with Gasteiger partial charge in [-0.25, -0.2) is 4.98 Å². The molecule has 1 aliphatic heterocycles. The number of ether oxygens (including phenoxy) is 1. The Morgan fingerprint density at radius 2 is 2.00 bits per heavy atom. The summed E-state index contributed by atoms with van der Waals surface area (Å²) in [6.07, 6.45) is 2.95. The average molecular weight is 331 g/mol. The van der Waals surface area contributed by atoms with E-state index < -0.39 is 6.10 Å². The van der Waals surface area contributed by atoms with Crippen LogP contribution in [0.25, 0.3) is 11.0 Å². The number of benzene rings is 1. The Balaban J connectivity index is 1.66. The molecule has 0 amide bonds. The number of aromatic nitrogens is 2. The molecular weight excluding hydrogens is 302 g/mol. The second-order valence-electron chi connectivity index (χ2n) is 7.17. The fraction of sp³-hybridized carbons (Fsp3) is 0.632. The number of imidazole rings is 1. The van der Waals surface area contributed by atoms with Crippen LogP contribution in [0.1, 0.15) is 31.4 Å². The SMILES string of the molecule is CCC1CN(CC(O)Cn2cnc3cc(C)c(C)cc32)CC(C)O1. The highest BCUT2D eigenvalue weighted by Crippen LogP contribution is 2.19. The van der Waals surface area contributed by atoms with Gasteiger partial charge in [0.2, 0.25) is 0 Å². The maximum atomic E-state index is 10.6. The van der Waals surface area contributed by atoms with Crippen LogP contribution in [0, 0.1) is 13.8 Å². The van der Waals surface area contributed by atoms with Gasteiger partial charge in [0.1, 0.15) is 0 Å². The highest BCUT2D eigenvalue weighted by Gasteiger charge is 2.25. The van der Waals surface area contributed by atoms with Gasteiger partial charge in [-0.05, 0) is 50.5 Å². The minimum Gasteiger partial charge on any atom is -0.390 e. The van der Waals surface area contributed by atoms with Crippen molar-refractivity contribution in [1.82, 2.24) is 14.5 Å². The third kappa shape index (κ3) is 3.79. The van der Waals surface area contributed by atoms with Crippen molar-refractivity contribution in [2.24, 2.45) is 0 Å². The summed E-state index contributed by atoms with van der Waals surface area (Å²) in [6, 6.07) is 4.28. The van der Waals surface area contributed by atoms with Gasteiger partial charge in [0, 0.05) is 19.6 Å². The van der Waals surface area contributed by atoms with Gasteiger partial charge < -0.3 is 14.4 Å². The number of hydrogen-bond donors (Lipinski definition) is 1. The number of morpholine rings is 1. The first-order chi connectivity index (χ1) is 11.5. The largest absolute Gasteiger partial charge is 0.390 e. The minimum atomic E-state index is -0.410. The summed E-state index contributed by atoms with van der Waals surface area (Å²) < 4.78 is 7.96. The van der Waals surface area contributed by atoms with Gasteiger partial charge in [-0.3, -0.25) is 4.90 Å². The fourth-order valence-corrected chi connectivity index (χ4v) is 3.56. The predicted molar refractivity (Wildman–Crippen MR) is 96.3 cm³/mol. The number of aliphatic hydroxyl groups is 1. The maximum Gasteiger partial charge on any atom is 0.0959 e. The van der Waals surface area contributed by atoms with Crippen LogP contribution in [-0.4, -0.2) is 57.5 Å². The van der Waals surface area contributed by atoms with Crippen molar-refractivity contribution in [2.45, 2.75) is 59.0 Å². The second-order valence-corrected chi connectivity index (χ2v) is 7.17. The third-order valence-electron chi connectivity index (χ3n) is 4.97. The van der Waals surface area contributed by atoms with Gasteiger partial charge in [-0.2, -0.15) is 0 Å². The van der Waals surface area contributed by atoms with E-state index in [4.69, 9.17) is 4.74 Å². The van der Waals surface area contributed by atoms with Crippen LogP contribution in [-0.2, 0) is 11.3 Å². The average Bonchev–Trinajstić information content (AvgIpc) is 2.89. The highest BCUT2D eigenvalue weighted by atomic mass is 16.5. The summed E-state index contributed by atoms with van der Waals surface area (Å²) in [7, 11) is 0. The molecule has 0 bridgehead atoms. The van der Waals surface area contributed by atoms with Crippen molar-refractivity contribution in [3.8, 4) is 0 Å². The number of hydrogen-bond acceptors (Lipinski definition) is 4. The Labute approximate surface area is 144 Å². The first-order valence-electron chi connectivity index (χ1n) is 8.94. The zero-order valence-electron chi connectivity index (χ0n) is 15.2. The number of β-amino-alcohol motifs (C(OH)–C–C–N with tert-alkyl or cyclic N) is 1. The molecule has 132 valence electrons. The minimum absolute atomic E-state index is 0.232. The Bertz CT molecular complexity index is 697. The van der Waals surface area contributed by atoms with Gasteiger partial charge >= 0.3 is 0 Å². The van der Waals surface area contributed by atoms with Gasteiger partial charge in [0.15, 0.2) is 0 Å². The van der Waals surface area contributed by atoms with Gasteiger partial charge in [0.25, 0.3) is 0 Å². The summed E-state index contributed by atoms with van der Waals surface area (Å²) >= 11 is 0. The molecule has 0 spiro atoms. The molecule has 0 aliphatic carbocycles. The van der Waals surface area contributed by atoms with Crippen molar-refractivity contribution in [1.29, 1.82) is 0 Å². The van der Waals surface area contributed by atoms with Crippen molar-refractivity contribution < 1.29 is 9.84 Å². The lowest BCUT2D eigenvalue weighted by Crippen LogP contribution is -2.49. The van der Waals surface area contributed by atoms with Crippen LogP contribution >= 0.6 is 0 Å². The monoisotopic (exact) mass is 331 g/mol. The van der Waals surface area contributed by atoms with E-state index in [1.165, 1.54) is 11.1 Å². The van der Waals surface area contributed by atoms with Gasteiger partial charge in [0.05, 0.1) is 42.2 Å². The number of aryl methyl sites for hydroxylation is 2. The van der Waals surface area contributed by atoms with E-state index in [1.807, 2.05) is 6.33 Å². The second kappa shape index (κ2) is 7.21. The van der Waals surface area contributed by atoms with E-state index in [2.05, 4.69) is 54.3 Å². The van der Waals surface area contributed by atoms with Crippen LogP contribution in [0.15, 0.2) is 18.5 Å². The zero-order valence-corrected chi connectivity index (χ0v) is 15.2. The quantitative estimate of drug-likeness (QED) is 0.915. The first kappa shape index (κ1) is 17.4. The Kier molecular flexibility index (Phi) is 5.23. The molecule has 3 unspecified atom stereocenters. The van der Waals surface area contributed by atoms with E-state index in [0.717, 1.165) is 30.5 Å². The Hall–Kier alpha value is -1.43. The molecule has 1 saturated heterocycles. The molecule has 3 rings (SSSR count). The topological polar surface area (TPSA) is 50.5 Å². The first-order valence-corrected chi connectivity index (χ1v) is 8.94. The molecule has 24 heavy (non-hydrogen) atoms. The van der Waals surface area contributed by atoms with E-state index in [0.29, 0.717) is 13.1 Å². The molecule has 1 fully saturated rings. The summed E-state index contributed by atoms with van der Waals surface area (Å²) in [6.45, 7) is 11.5. The predicted octanol–water partition coefficient (Wildman–Crippen LogP) is 2.51. The number of rotatable bonds is 5. The van der Waals surface area contributed by atoms with Crippen LogP contribution in [0.4, 0.5) is 0 Å². The van der Waals surface area contributed by atoms with E-state index in [1.54, 1.807) is 0 Å². The summed E-state index contributed by atoms with van der Waals surface area (Å²) in [5, 5.41) is 10.6. The molecule has 0 radical (unpaired) electrons. The lowest BCUT2D eigenvalue weighted by Gasteiger charge is -2.37. The normalized spacial score (nSPS) is 23.7. The lowest BCUT2D eigenvalue weighted by molar-refractivity contribution is -0.0860. The van der Waals surface area contributed by atoms with Gasteiger partial charge in [-0.15, -0.1) is 0 Å². The molecular formula is C19H29N3O2. The van der Waals surface area contributed by atoms with Crippen LogP contribution < -0.4 is 0 Å². The molecule has 2 aromatic rings. The van der Waals surface area contributed by atoms with Crippen molar-refractivity contribution in [3.05, 3.63) is 29.6 Å². The standard InChI is InChI=1S/C19H29N3O2/c1-5-17-11-21(8-15(4)24-17)9-16(23)10-22-12-20-18-6-13(2)14(3)7-19(18)22/h6-7,12,15-17,23H,5,8-11H2,1-4H3. The molecule has 2 heterocycles. The molecule has 1 aromatic carbocycles.